The van der Waals surface area contributed by atoms with Crippen molar-refractivity contribution in [3.63, 3.8) is 0 Å². The van der Waals surface area contributed by atoms with E-state index in [-0.39, 0.29) is 12.6 Å². The molecule has 0 fully saturated rings. The minimum atomic E-state index is 0.0959. The van der Waals surface area contributed by atoms with Crippen molar-refractivity contribution in [1.29, 1.82) is 0 Å². The fourth-order valence-corrected chi connectivity index (χ4v) is 2.01. The average Bonchev–Trinajstić information content (AvgIpc) is 2.34. The molecule has 0 saturated heterocycles. The molecule has 0 spiro atoms. The van der Waals surface area contributed by atoms with E-state index in [0.29, 0.717) is 12.2 Å². The van der Waals surface area contributed by atoms with Gasteiger partial charge in [0.15, 0.2) is 0 Å². The van der Waals surface area contributed by atoms with Crippen molar-refractivity contribution in [1.82, 2.24) is 9.97 Å². The summed E-state index contributed by atoms with van der Waals surface area (Å²) < 4.78 is 0. The molecule has 0 amide bonds. The Kier molecular flexibility index (Phi) is 3.62. The molecule has 1 heterocycles. The molecule has 1 aromatic heterocycles. The lowest BCUT2D eigenvalue weighted by molar-refractivity contribution is 0.299. The maximum absolute atomic E-state index is 9.16. The van der Waals surface area contributed by atoms with Gasteiger partial charge in [0.05, 0.1) is 12.1 Å². The number of aromatic nitrogens is 2. The fraction of sp³-hybridized carbons (Fsp3) is 0.385. The predicted octanol–water partition coefficient (Wildman–Crippen LogP) is 1.42. The first-order valence-corrected chi connectivity index (χ1v) is 6.01. The van der Waals surface area contributed by atoms with Crippen molar-refractivity contribution < 1.29 is 5.11 Å². The molecule has 2 rings (SSSR count). The Morgan fingerprint density at radius 2 is 2.11 bits per heavy atom. The number of hydrogen-bond acceptors (Lipinski definition) is 5. The molecule has 1 aromatic carbocycles. The van der Waals surface area contributed by atoms with Crippen LogP contribution in [-0.2, 0) is 0 Å². The molecule has 96 valence electrons. The van der Waals surface area contributed by atoms with Gasteiger partial charge in [0, 0.05) is 23.7 Å². The lowest BCUT2D eigenvalue weighted by atomic mass is 10.2. The molecule has 5 heteroatoms. The molecule has 0 radical (unpaired) electrons. The summed E-state index contributed by atoms with van der Waals surface area (Å²) in [7, 11) is 0. The van der Waals surface area contributed by atoms with Gasteiger partial charge in [0.2, 0.25) is 0 Å². The molecule has 3 N–H and O–H groups in total. The zero-order chi connectivity index (χ0) is 13.1. The Bertz CT molecular complexity index is 542. The van der Waals surface area contributed by atoms with E-state index in [1.807, 2.05) is 18.2 Å². The molecule has 18 heavy (non-hydrogen) atoms. The Hall–Kier alpha value is -1.88. The van der Waals surface area contributed by atoms with Crippen molar-refractivity contribution in [2.24, 2.45) is 0 Å². The number of benzene rings is 1. The third-order valence-electron chi connectivity index (χ3n) is 2.88. The van der Waals surface area contributed by atoms with E-state index in [4.69, 9.17) is 10.8 Å². The molecule has 0 aliphatic heterocycles. The molecule has 0 atom stereocenters. The second-order valence-electron chi connectivity index (χ2n) is 4.48. The molecular formula is C13H18N4O. The second kappa shape index (κ2) is 5.18. The Morgan fingerprint density at radius 3 is 2.78 bits per heavy atom. The molecule has 0 bridgehead atoms. The van der Waals surface area contributed by atoms with Gasteiger partial charge in [-0.1, -0.05) is 0 Å². The maximum Gasteiger partial charge on any atom is 0.140 e. The van der Waals surface area contributed by atoms with Gasteiger partial charge in [-0.05, 0) is 32.0 Å². The highest BCUT2D eigenvalue weighted by molar-refractivity contribution is 5.91. The van der Waals surface area contributed by atoms with E-state index < -0.39 is 0 Å². The third kappa shape index (κ3) is 2.36. The summed E-state index contributed by atoms with van der Waals surface area (Å²) in [5.41, 5.74) is 7.26. The minimum absolute atomic E-state index is 0.0959. The lowest BCUT2D eigenvalue weighted by Crippen LogP contribution is -2.34. The van der Waals surface area contributed by atoms with Gasteiger partial charge < -0.3 is 15.7 Å². The number of aliphatic hydroxyl groups excluding tert-OH is 1. The highest BCUT2D eigenvalue weighted by Crippen LogP contribution is 2.25. The molecule has 0 aliphatic carbocycles. The fourth-order valence-electron chi connectivity index (χ4n) is 2.01. The van der Waals surface area contributed by atoms with Crippen molar-refractivity contribution in [3.8, 4) is 0 Å². The summed E-state index contributed by atoms with van der Waals surface area (Å²) in [4.78, 5) is 10.6. The molecule has 0 saturated carbocycles. The van der Waals surface area contributed by atoms with Crippen LogP contribution in [0.3, 0.4) is 0 Å². The van der Waals surface area contributed by atoms with Crippen LogP contribution in [0.1, 0.15) is 13.8 Å². The topological polar surface area (TPSA) is 75.3 Å². The quantitative estimate of drug-likeness (QED) is 0.798. The number of aliphatic hydroxyl groups is 1. The van der Waals surface area contributed by atoms with Crippen LogP contribution in [0.15, 0.2) is 24.5 Å². The highest BCUT2D eigenvalue weighted by Gasteiger charge is 2.14. The summed E-state index contributed by atoms with van der Waals surface area (Å²) in [6, 6.07) is 5.85. The zero-order valence-electron chi connectivity index (χ0n) is 10.7. The van der Waals surface area contributed by atoms with E-state index in [9.17, 15) is 0 Å². The number of rotatable bonds is 4. The van der Waals surface area contributed by atoms with Gasteiger partial charge in [-0.25, -0.2) is 9.97 Å². The van der Waals surface area contributed by atoms with Gasteiger partial charge in [-0.15, -0.1) is 0 Å². The van der Waals surface area contributed by atoms with Gasteiger partial charge in [-0.2, -0.15) is 0 Å². The van der Waals surface area contributed by atoms with Gasteiger partial charge >= 0.3 is 0 Å². The smallest absolute Gasteiger partial charge is 0.140 e. The third-order valence-corrected chi connectivity index (χ3v) is 2.88. The normalized spacial score (nSPS) is 11.1. The van der Waals surface area contributed by atoms with Crippen molar-refractivity contribution >= 4 is 22.4 Å². The largest absolute Gasteiger partial charge is 0.399 e. The number of anilines is 2. The number of hydrogen-bond donors (Lipinski definition) is 2. The van der Waals surface area contributed by atoms with Crippen LogP contribution in [0.4, 0.5) is 11.5 Å². The molecule has 2 aromatic rings. The van der Waals surface area contributed by atoms with Crippen LogP contribution in [0.5, 0.6) is 0 Å². The Balaban J connectivity index is 2.55. The van der Waals surface area contributed by atoms with Crippen LogP contribution < -0.4 is 10.6 Å². The molecule has 0 unspecified atom stereocenters. The lowest BCUT2D eigenvalue weighted by Gasteiger charge is -2.27. The second-order valence-corrected chi connectivity index (χ2v) is 4.48. The summed E-state index contributed by atoms with van der Waals surface area (Å²) in [6.07, 6.45) is 1.53. The van der Waals surface area contributed by atoms with Gasteiger partial charge in [-0.3, -0.25) is 0 Å². The van der Waals surface area contributed by atoms with E-state index in [0.717, 1.165) is 16.7 Å². The van der Waals surface area contributed by atoms with Crippen molar-refractivity contribution in [3.05, 3.63) is 24.5 Å². The molecule has 5 nitrogen and oxygen atoms in total. The first kappa shape index (κ1) is 12.6. The number of nitrogen functional groups attached to an aromatic ring is 1. The summed E-state index contributed by atoms with van der Waals surface area (Å²) in [5, 5.41) is 10.1. The maximum atomic E-state index is 9.16. The minimum Gasteiger partial charge on any atom is -0.399 e. The first-order valence-electron chi connectivity index (χ1n) is 6.01. The van der Waals surface area contributed by atoms with Crippen LogP contribution in [0, 0.1) is 0 Å². The van der Waals surface area contributed by atoms with Gasteiger partial charge in [0.25, 0.3) is 0 Å². The van der Waals surface area contributed by atoms with Crippen LogP contribution in [-0.4, -0.2) is 34.3 Å². The van der Waals surface area contributed by atoms with Crippen LogP contribution >= 0.6 is 0 Å². The molecular weight excluding hydrogens is 228 g/mol. The van der Waals surface area contributed by atoms with Crippen LogP contribution in [0.2, 0.25) is 0 Å². The van der Waals surface area contributed by atoms with E-state index in [1.165, 1.54) is 6.33 Å². The standard InChI is InChI=1S/C13H18N4O/c1-9(2)17(5-6-18)13-11-4-3-10(14)7-12(11)15-8-16-13/h3-4,7-9,18H,5-6,14H2,1-2H3. The predicted molar refractivity (Wildman–Crippen MR) is 73.5 cm³/mol. The zero-order valence-corrected chi connectivity index (χ0v) is 10.7. The Morgan fingerprint density at radius 1 is 1.33 bits per heavy atom. The number of nitrogens with zero attached hydrogens (tertiary/aromatic N) is 3. The van der Waals surface area contributed by atoms with Crippen molar-refractivity contribution in [2.75, 3.05) is 23.8 Å². The summed E-state index contributed by atoms with van der Waals surface area (Å²) in [5.74, 6) is 0.837. The van der Waals surface area contributed by atoms with Gasteiger partial charge in [0.1, 0.15) is 12.1 Å². The number of nitrogens with two attached hydrogens (primary N) is 1. The number of fused-ring (bicyclic) bond motifs is 1. The monoisotopic (exact) mass is 246 g/mol. The van der Waals surface area contributed by atoms with E-state index in [1.54, 1.807) is 0 Å². The van der Waals surface area contributed by atoms with E-state index >= 15 is 0 Å². The van der Waals surface area contributed by atoms with Crippen LogP contribution in [0.25, 0.3) is 10.9 Å². The Labute approximate surface area is 106 Å². The summed E-state index contributed by atoms with van der Waals surface area (Å²) >= 11 is 0. The van der Waals surface area contributed by atoms with Crippen molar-refractivity contribution in [2.45, 2.75) is 19.9 Å². The van der Waals surface area contributed by atoms with E-state index in [2.05, 4.69) is 28.7 Å². The highest BCUT2D eigenvalue weighted by atomic mass is 16.3. The summed E-state index contributed by atoms with van der Waals surface area (Å²) in [6.45, 7) is 4.79. The molecule has 0 aliphatic rings. The SMILES string of the molecule is CC(C)N(CCO)c1ncnc2cc(N)ccc12. The average molecular weight is 246 g/mol. The first-order chi connectivity index (χ1) is 8.63.